The summed E-state index contributed by atoms with van der Waals surface area (Å²) >= 11 is 0. The van der Waals surface area contributed by atoms with E-state index in [2.05, 4.69) is 75.0 Å². The standard InChI is InChI=1S/C14H27N.C13H25N.C12H23N.C11H21N/c1-12(2)13-8-10-15(11-9-13)14-6-4-3-5-7-14;1-11(2)12-7-9-14(10-8-12)13-5-3-4-6-13;1-10(2)11-6-8-13(9-7-11)12-4-3-5-12;1-9(2)10-5-7-12(8-6-10)11-3-4-11/h12-14H,3-11H2,1-2H3;11-13H,3-10H2,1-2H3;10-12H,3-9H2,1-2H3;9-11H,3-8H2,1-2H3. The fraction of sp³-hybridized carbons (Fsp3) is 1.00. The first-order valence-electron chi connectivity index (χ1n) is 25.0. The van der Waals surface area contributed by atoms with Gasteiger partial charge in [-0.25, -0.2) is 0 Å². The van der Waals surface area contributed by atoms with Crippen molar-refractivity contribution in [1.82, 2.24) is 19.6 Å². The SMILES string of the molecule is CC(C)C1CCN(C2CC2)CC1.CC(C)C1CCN(C2CCC2)CC1.CC(C)C1CCN(C2CCCC2)CC1.CC(C)C1CCN(C2CCCCC2)CC1. The maximum absolute atomic E-state index is 2.79. The van der Waals surface area contributed by atoms with Crippen molar-refractivity contribution in [2.75, 3.05) is 52.4 Å². The zero-order chi connectivity index (χ0) is 38.5. The molecule has 4 saturated heterocycles. The van der Waals surface area contributed by atoms with Crippen LogP contribution in [0.15, 0.2) is 0 Å². The van der Waals surface area contributed by atoms with Crippen molar-refractivity contribution in [2.45, 2.75) is 221 Å². The van der Waals surface area contributed by atoms with E-state index in [1.54, 1.807) is 0 Å². The lowest BCUT2D eigenvalue weighted by atomic mass is 9.84. The van der Waals surface area contributed by atoms with E-state index in [0.717, 1.165) is 71.5 Å². The Kier molecular flexibility index (Phi) is 19.5. The van der Waals surface area contributed by atoms with Crippen LogP contribution in [0, 0.1) is 47.3 Å². The van der Waals surface area contributed by atoms with Gasteiger partial charge in [0.25, 0.3) is 0 Å². The van der Waals surface area contributed by atoms with Crippen molar-refractivity contribution in [1.29, 1.82) is 0 Å². The van der Waals surface area contributed by atoms with Crippen LogP contribution in [0.2, 0.25) is 0 Å². The van der Waals surface area contributed by atoms with Gasteiger partial charge in [0, 0.05) is 24.2 Å². The van der Waals surface area contributed by atoms with E-state index < -0.39 is 0 Å². The van der Waals surface area contributed by atoms with Crippen molar-refractivity contribution < 1.29 is 0 Å². The minimum Gasteiger partial charge on any atom is -0.300 e. The highest BCUT2D eigenvalue weighted by atomic mass is 15.2. The van der Waals surface area contributed by atoms with Crippen LogP contribution in [0.5, 0.6) is 0 Å². The molecule has 0 bridgehead atoms. The molecular weight excluding hydrogens is 657 g/mol. The van der Waals surface area contributed by atoms with Gasteiger partial charge in [-0.2, -0.15) is 0 Å². The van der Waals surface area contributed by atoms with Gasteiger partial charge in [-0.3, -0.25) is 0 Å². The summed E-state index contributed by atoms with van der Waals surface area (Å²) in [6, 6.07) is 3.89. The molecule has 0 spiro atoms. The normalized spacial score (nSPS) is 27.8. The predicted octanol–water partition coefficient (Wildman–Crippen LogP) is 12.4. The smallest absolute Gasteiger partial charge is 0.00964 e. The lowest BCUT2D eigenvalue weighted by molar-refractivity contribution is 0.0738. The van der Waals surface area contributed by atoms with Crippen LogP contribution in [0.3, 0.4) is 0 Å². The van der Waals surface area contributed by atoms with Gasteiger partial charge in [0.05, 0.1) is 0 Å². The van der Waals surface area contributed by atoms with Gasteiger partial charge in [-0.15, -0.1) is 0 Å². The number of hydrogen-bond donors (Lipinski definition) is 0. The Morgan fingerprint density at radius 3 is 0.630 bits per heavy atom. The number of hydrogen-bond acceptors (Lipinski definition) is 4. The molecule has 4 aliphatic carbocycles. The summed E-state index contributed by atoms with van der Waals surface area (Å²) in [7, 11) is 0. The number of likely N-dealkylation sites (tertiary alicyclic amines) is 4. The van der Waals surface area contributed by atoms with Gasteiger partial charge in [0.2, 0.25) is 0 Å². The molecule has 8 aliphatic rings. The first-order valence-corrected chi connectivity index (χ1v) is 25.0. The highest BCUT2D eigenvalue weighted by Gasteiger charge is 2.33. The Labute approximate surface area is 339 Å². The molecule has 0 aromatic rings. The van der Waals surface area contributed by atoms with E-state index in [-0.39, 0.29) is 0 Å². The first kappa shape index (κ1) is 44.9. The molecule has 4 aliphatic heterocycles. The van der Waals surface area contributed by atoms with E-state index in [1.165, 1.54) is 194 Å². The minimum absolute atomic E-state index is 0.901. The first-order chi connectivity index (χ1) is 26.1. The lowest BCUT2D eigenvalue weighted by Crippen LogP contribution is -2.45. The Bertz CT molecular complexity index is 931. The molecule has 4 heteroatoms. The second-order valence-electron chi connectivity index (χ2n) is 21.5. The second-order valence-corrected chi connectivity index (χ2v) is 21.5. The molecule has 316 valence electrons. The van der Waals surface area contributed by atoms with Gasteiger partial charge in [-0.1, -0.05) is 93.9 Å². The van der Waals surface area contributed by atoms with E-state index >= 15 is 0 Å². The molecule has 8 fully saturated rings. The minimum atomic E-state index is 0.901. The molecule has 0 radical (unpaired) electrons. The molecule has 0 aromatic carbocycles. The predicted molar refractivity (Wildman–Crippen MR) is 236 cm³/mol. The fourth-order valence-corrected chi connectivity index (χ4v) is 11.7. The zero-order valence-electron chi connectivity index (χ0n) is 37.9. The fourth-order valence-electron chi connectivity index (χ4n) is 11.7. The van der Waals surface area contributed by atoms with Crippen molar-refractivity contribution >= 4 is 0 Å². The molecule has 0 unspecified atom stereocenters. The van der Waals surface area contributed by atoms with Crippen LogP contribution in [0.25, 0.3) is 0 Å². The third-order valence-electron chi connectivity index (χ3n) is 16.7. The third kappa shape index (κ3) is 14.6. The number of nitrogens with zero attached hydrogens (tertiary/aromatic N) is 4. The van der Waals surface area contributed by atoms with E-state index in [1.807, 2.05) is 0 Å². The zero-order valence-corrected chi connectivity index (χ0v) is 37.9. The third-order valence-corrected chi connectivity index (χ3v) is 16.7. The Morgan fingerprint density at radius 2 is 0.444 bits per heavy atom. The summed E-state index contributed by atoms with van der Waals surface area (Å²) in [6.45, 7) is 30.1. The van der Waals surface area contributed by atoms with Gasteiger partial charge in [0.15, 0.2) is 0 Å². The highest BCUT2D eigenvalue weighted by molar-refractivity contribution is 4.88. The highest BCUT2D eigenvalue weighted by Crippen LogP contribution is 2.34. The molecule has 4 nitrogen and oxygen atoms in total. The number of piperidine rings is 4. The molecule has 0 aromatic heterocycles. The Morgan fingerprint density at radius 1 is 0.241 bits per heavy atom. The summed E-state index contributed by atoms with van der Waals surface area (Å²) < 4.78 is 0. The molecule has 0 amide bonds. The maximum atomic E-state index is 2.79. The van der Waals surface area contributed by atoms with Crippen molar-refractivity contribution in [3.8, 4) is 0 Å². The summed E-state index contributed by atoms with van der Waals surface area (Å²) in [4.78, 5) is 11.0. The van der Waals surface area contributed by atoms with Crippen LogP contribution in [-0.2, 0) is 0 Å². The molecule has 54 heavy (non-hydrogen) atoms. The average molecular weight is 753 g/mol. The van der Waals surface area contributed by atoms with Gasteiger partial charge in [-0.05, 0) is 202 Å². The Hall–Kier alpha value is -0.160. The molecule has 0 atom stereocenters. The molecular formula is C50H96N4. The monoisotopic (exact) mass is 753 g/mol. The maximum Gasteiger partial charge on any atom is 0.00964 e. The molecule has 4 heterocycles. The van der Waals surface area contributed by atoms with Crippen LogP contribution in [0.1, 0.15) is 197 Å². The summed E-state index contributed by atoms with van der Waals surface area (Å²) in [6.07, 6.45) is 32.3. The van der Waals surface area contributed by atoms with E-state index in [9.17, 15) is 0 Å². The second kappa shape index (κ2) is 23.4. The van der Waals surface area contributed by atoms with E-state index in [0.29, 0.717) is 0 Å². The summed E-state index contributed by atoms with van der Waals surface area (Å²) in [5, 5.41) is 0. The quantitative estimate of drug-likeness (QED) is 0.245. The molecule has 4 saturated carbocycles. The van der Waals surface area contributed by atoms with Crippen LogP contribution < -0.4 is 0 Å². The molecule has 8 rings (SSSR count). The molecule has 0 N–H and O–H groups in total. The summed E-state index contributed by atoms with van der Waals surface area (Å²) in [5.41, 5.74) is 0. The Balaban J connectivity index is 0.000000139. The average Bonchev–Trinajstić information content (AvgIpc) is 3.88. The van der Waals surface area contributed by atoms with Gasteiger partial charge in [0.1, 0.15) is 0 Å². The van der Waals surface area contributed by atoms with Gasteiger partial charge < -0.3 is 19.6 Å². The van der Waals surface area contributed by atoms with Crippen molar-refractivity contribution in [2.24, 2.45) is 47.3 Å². The van der Waals surface area contributed by atoms with E-state index in [4.69, 9.17) is 0 Å². The topological polar surface area (TPSA) is 13.0 Å². The van der Waals surface area contributed by atoms with Crippen molar-refractivity contribution in [3.05, 3.63) is 0 Å². The van der Waals surface area contributed by atoms with Crippen LogP contribution in [-0.4, -0.2) is 96.1 Å². The number of rotatable bonds is 8. The van der Waals surface area contributed by atoms with Gasteiger partial charge >= 0.3 is 0 Å². The van der Waals surface area contributed by atoms with Crippen molar-refractivity contribution in [3.63, 3.8) is 0 Å². The largest absolute Gasteiger partial charge is 0.300 e. The lowest BCUT2D eigenvalue weighted by Gasteiger charge is -2.42. The van der Waals surface area contributed by atoms with Crippen LogP contribution in [0.4, 0.5) is 0 Å². The van der Waals surface area contributed by atoms with Crippen LogP contribution >= 0.6 is 0 Å². The summed E-state index contributed by atoms with van der Waals surface area (Å²) in [5.74, 6) is 7.66.